The maximum atomic E-state index is 15.5. The molecule has 2 aromatic heterocycles. The summed E-state index contributed by atoms with van der Waals surface area (Å²) in [5, 5.41) is 23.8. The second-order valence-corrected chi connectivity index (χ2v) is 12.1. The number of imidazole rings is 1. The number of halogens is 2. The van der Waals surface area contributed by atoms with E-state index in [-0.39, 0.29) is 28.8 Å². The summed E-state index contributed by atoms with van der Waals surface area (Å²) in [4.78, 5) is 13.2. The third kappa shape index (κ3) is 6.83. The van der Waals surface area contributed by atoms with Gasteiger partial charge in [0.25, 0.3) is 0 Å². The van der Waals surface area contributed by atoms with E-state index in [0.29, 0.717) is 0 Å². The van der Waals surface area contributed by atoms with E-state index in [2.05, 4.69) is 20.0 Å². The average Bonchev–Trinajstić information content (AvgIpc) is 3.41. The molecule has 41 heavy (non-hydrogen) atoms. The summed E-state index contributed by atoms with van der Waals surface area (Å²) in [7, 11) is -0.998. The number of rotatable bonds is 12. The zero-order chi connectivity index (χ0) is 30.1. The number of aliphatic hydroxyl groups excluding tert-OH is 2. The lowest BCUT2D eigenvalue weighted by Gasteiger charge is -2.31. The molecule has 1 fully saturated rings. The average molecular weight is 601 g/mol. The summed E-state index contributed by atoms with van der Waals surface area (Å²) in [6, 6.07) is 7.23. The van der Waals surface area contributed by atoms with Gasteiger partial charge in [-0.3, -0.25) is 9.09 Å². The van der Waals surface area contributed by atoms with Crippen molar-refractivity contribution in [2.24, 2.45) is 0 Å². The van der Waals surface area contributed by atoms with Crippen LogP contribution in [0.5, 0.6) is 5.75 Å². The van der Waals surface area contributed by atoms with Gasteiger partial charge in [-0.1, -0.05) is 18.2 Å². The maximum absolute atomic E-state index is 15.5. The third-order valence-electron chi connectivity index (χ3n) is 6.35. The number of ether oxygens (including phenoxy) is 2. The molecule has 3 N–H and O–H groups in total. The van der Waals surface area contributed by atoms with E-state index < -0.39 is 56.9 Å². The minimum Gasteiger partial charge on any atom is -0.413 e. The molecule has 7 atom stereocenters. The minimum absolute atomic E-state index is 0.0427. The van der Waals surface area contributed by atoms with Gasteiger partial charge in [0.2, 0.25) is 0 Å². The van der Waals surface area contributed by atoms with Gasteiger partial charge in [-0.15, -0.1) is 0 Å². The highest BCUT2D eigenvalue weighted by Crippen LogP contribution is 2.48. The number of nitrogens with zero attached hydrogens (tertiary/aromatic N) is 5. The molecular formula is C25H35F2N6O7P. The Labute approximate surface area is 236 Å². The number of para-hydroxylation sites is 1. The lowest BCUT2D eigenvalue weighted by molar-refractivity contribution is -0.138. The van der Waals surface area contributed by atoms with Gasteiger partial charge in [-0.25, -0.2) is 19.0 Å². The van der Waals surface area contributed by atoms with Crippen LogP contribution in [-0.2, 0) is 18.6 Å². The fourth-order valence-electron chi connectivity index (χ4n) is 4.24. The van der Waals surface area contributed by atoms with E-state index in [0.717, 1.165) is 4.57 Å². The lowest BCUT2D eigenvalue weighted by atomic mass is 9.99. The molecule has 0 bridgehead atoms. The first-order valence-electron chi connectivity index (χ1n) is 12.9. The molecule has 1 saturated heterocycles. The number of anilines is 1. The van der Waals surface area contributed by atoms with Gasteiger partial charge >= 0.3 is 13.8 Å². The fraction of sp³-hybridized carbons (Fsp3) is 0.560. The Morgan fingerprint density at radius 1 is 1.24 bits per heavy atom. The van der Waals surface area contributed by atoms with Crippen molar-refractivity contribution >= 4 is 24.7 Å². The van der Waals surface area contributed by atoms with Crippen LogP contribution in [0, 0.1) is 6.08 Å². The first-order valence-corrected chi connectivity index (χ1v) is 14.4. The predicted octanol–water partition coefficient (Wildman–Crippen LogP) is 2.94. The molecule has 0 radical (unpaired) electrons. The molecule has 1 aliphatic rings. The second kappa shape index (κ2) is 12.2. The van der Waals surface area contributed by atoms with Crippen LogP contribution in [0.25, 0.3) is 11.2 Å². The zero-order valence-electron chi connectivity index (χ0n) is 23.5. The minimum atomic E-state index is -4.28. The number of nitrogens with one attached hydrogen (secondary N) is 1. The highest BCUT2D eigenvalue weighted by molar-refractivity contribution is 7.52. The predicted molar refractivity (Wildman–Crippen MR) is 144 cm³/mol. The number of aromatic nitrogens is 4. The van der Waals surface area contributed by atoms with E-state index in [9.17, 15) is 19.2 Å². The second-order valence-electron chi connectivity index (χ2n) is 10.4. The van der Waals surface area contributed by atoms with Crippen molar-refractivity contribution in [3.8, 4) is 5.75 Å². The number of hydrogen-bond acceptors (Lipinski definition) is 11. The molecule has 2 unspecified atom stereocenters. The Balaban J connectivity index is 1.58. The van der Waals surface area contributed by atoms with Crippen LogP contribution in [0.4, 0.5) is 14.6 Å². The van der Waals surface area contributed by atoms with Gasteiger partial charge in [0.1, 0.15) is 17.5 Å². The standard InChI is InChI=1S/C25H35F2N6O7P/c1-14(2)38-23(35)15(3)31-41(36,40-16-10-8-7-9-11-16)37-12-25(4)19(34)17(26)22(39-25)33-13-28-18-20(32(5)6)29-24(27)30-21(18)33/h7-11,13-15,17,19,22-23,34-35H,12H2,1-6H3,(H,31,36)/t15-,17+,19-,22+,23?,25+,41?/m0/s1. The Kier molecular flexibility index (Phi) is 9.29. The van der Waals surface area contributed by atoms with E-state index in [1.807, 2.05) is 0 Å². The Morgan fingerprint density at radius 2 is 1.93 bits per heavy atom. The molecule has 1 aromatic carbocycles. The van der Waals surface area contributed by atoms with Gasteiger partial charge in [-0.05, 0) is 39.8 Å². The number of hydrogen-bond donors (Lipinski definition) is 3. The summed E-state index contributed by atoms with van der Waals surface area (Å²) >= 11 is 0. The monoisotopic (exact) mass is 600 g/mol. The van der Waals surface area contributed by atoms with Crippen LogP contribution in [-0.4, -0.2) is 86.7 Å². The maximum Gasteiger partial charge on any atom is 0.459 e. The highest BCUT2D eigenvalue weighted by atomic mass is 31.2. The molecule has 0 amide bonds. The summed E-state index contributed by atoms with van der Waals surface area (Å²) in [6.45, 7) is 5.73. The van der Waals surface area contributed by atoms with Crippen LogP contribution in [0.2, 0.25) is 0 Å². The SMILES string of the molecule is CC(C)OC(O)[C@H](C)NP(=O)(OC[C@@]1(C)O[C@@H](n2cnc3c(N(C)C)nc(F)nc32)[C@H](F)[C@@H]1O)Oc1ccccc1. The first-order chi connectivity index (χ1) is 19.2. The molecule has 3 heterocycles. The Morgan fingerprint density at radius 3 is 2.56 bits per heavy atom. The van der Waals surface area contributed by atoms with Crippen LogP contribution >= 0.6 is 7.75 Å². The topological polar surface area (TPSA) is 153 Å². The molecule has 0 saturated carbocycles. The van der Waals surface area contributed by atoms with Crippen LogP contribution in [0.3, 0.4) is 0 Å². The number of aliphatic hydroxyl groups is 2. The van der Waals surface area contributed by atoms with E-state index in [1.165, 1.54) is 25.1 Å². The Bertz CT molecular complexity index is 1380. The van der Waals surface area contributed by atoms with E-state index in [4.69, 9.17) is 18.5 Å². The highest BCUT2D eigenvalue weighted by Gasteiger charge is 2.55. The molecule has 0 aliphatic carbocycles. The van der Waals surface area contributed by atoms with E-state index >= 15 is 4.39 Å². The van der Waals surface area contributed by atoms with Gasteiger partial charge in [-0.2, -0.15) is 14.4 Å². The summed E-state index contributed by atoms with van der Waals surface area (Å²) in [5.74, 6) is 0.367. The van der Waals surface area contributed by atoms with E-state index in [1.54, 1.807) is 58.3 Å². The number of fused-ring (bicyclic) bond motifs is 1. The molecule has 1 aliphatic heterocycles. The molecule has 0 spiro atoms. The van der Waals surface area contributed by atoms with Crippen molar-refractivity contribution in [2.75, 3.05) is 25.6 Å². The Hall–Kier alpha value is -2.78. The van der Waals surface area contributed by atoms with Crippen molar-refractivity contribution < 1.29 is 42.1 Å². The molecule has 3 aromatic rings. The van der Waals surface area contributed by atoms with Crippen molar-refractivity contribution in [2.45, 2.75) is 70.2 Å². The zero-order valence-corrected chi connectivity index (χ0v) is 24.4. The molecular weight excluding hydrogens is 565 g/mol. The van der Waals surface area contributed by atoms with Crippen molar-refractivity contribution in [3.63, 3.8) is 0 Å². The lowest BCUT2D eigenvalue weighted by Crippen LogP contribution is -2.45. The van der Waals surface area contributed by atoms with Crippen LogP contribution in [0.1, 0.15) is 33.9 Å². The first kappa shape index (κ1) is 31.2. The van der Waals surface area contributed by atoms with Gasteiger partial charge < -0.3 is 29.1 Å². The van der Waals surface area contributed by atoms with Gasteiger partial charge in [0, 0.05) is 14.1 Å². The van der Waals surface area contributed by atoms with Gasteiger partial charge in [0.05, 0.1) is 25.1 Å². The van der Waals surface area contributed by atoms with Crippen molar-refractivity contribution in [1.82, 2.24) is 24.6 Å². The number of benzene rings is 1. The summed E-state index contributed by atoms with van der Waals surface area (Å²) < 4.78 is 67.4. The molecule has 226 valence electrons. The molecule has 16 heteroatoms. The summed E-state index contributed by atoms with van der Waals surface area (Å²) in [5.41, 5.74) is -1.59. The fourth-order valence-corrected chi connectivity index (χ4v) is 5.87. The van der Waals surface area contributed by atoms with Gasteiger partial charge in [0.15, 0.2) is 35.7 Å². The largest absolute Gasteiger partial charge is 0.459 e. The smallest absolute Gasteiger partial charge is 0.413 e. The quantitative estimate of drug-likeness (QED) is 0.159. The molecule has 4 rings (SSSR count). The normalized spacial score (nSPS) is 25.8. The molecule has 13 nitrogen and oxygen atoms in total. The van der Waals surface area contributed by atoms with Crippen molar-refractivity contribution in [1.29, 1.82) is 0 Å². The number of alkyl halides is 1. The van der Waals surface area contributed by atoms with Crippen LogP contribution in [0.15, 0.2) is 36.7 Å². The third-order valence-corrected chi connectivity index (χ3v) is 8.00. The van der Waals surface area contributed by atoms with Crippen LogP contribution < -0.4 is 14.5 Å². The summed E-state index contributed by atoms with van der Waals surface area (Å²) in [6.07, 6.45) is -6.78. The van der Waals surface area contributed by atoms with Crippen molar-refractivity contribution in [3.05, 3.63) is 42.7 Å².